The molecule has 3 rings (SSSR count). The Labute approximate surface area is 172 Å². The first kappa shape index (κ1) is 20.4. The standard InChI is InChI=1S/C21H29ClN6/c1-23-21(27(3)16-17-4-6-19(22)7-5-17)25-15-18-8-9-24-20(14-18)28-12-10-26(2)11-13-28/h4-9,14H,10-13,15-16H2,1-3H3,(H,23,25). The molecule has 0 bridgehead atoms. The number of benzene rings is 1. The highest BCUT2D eigenvalue weighted by Gasteiger charge is 2.15. The number of halogens is 1. The zero-order chi connectivity index (χ0) is 19.9. The molecule has 0 spiro atoms. The van der Waals surface area contributed by atoms with E-state index in [1.807, 2.05) is 44.6 Å². The third kappa shape index (κ3) is 5.59. The van der Waals surface area contributed by atoms with Gasteiger partial charge in [0.1, 0.15) is 5.82 Å². The van der Waals surface area contributed by atoms with E-state index < -0.39 is 0 Å². The van der Waals surface area contributed by atoms with Crippen molar-refractivity contribution in [1.82, 2.24) is 20.1 Å². The van der Waals surface area contributed by atoms with E-state index in [2.05, 4.69) is 49.2 Å². The maximum Gasteiger partial charge on any atom is 0.193 e. The molecule has 1 aliphatic heterocycles. The molecule has 1 N–H and O–H groups in total. The van der Waals surface area contributed by atoms with Crippen molar-refractivity contribution in [3.8, 4) is 0 Å². The van der Waals surface area contributed by atoms with Crippen molar-refractivity contribution in [3.63, 3.8) is 0 Å². The second kappa shape index (κ2) is 9.75. The Morgan fingerprint density at radius 3 is 2.54 bits per heavy atom. The summed E-state index contributed by atoms with van der Waals surface area (Å²) in [6.45, 7) is 5.66. The van der Waals surface area contributed by atoms with E-state index in [-0.39, 0.29) is 0 Å². The van der Waals surface area contributed by atoms with E-state index in [0.717, 1.165) is 49.5 Å². The van der Waals surface area contributed by atoms with Crippen molar-refractivity contribution in [3.05, 3.63) is 58.7 Å². The molecule has 0 radical (unpaired) electrons. The van der Waals surface area contributed by atoms with Crippen molar-refractivity contribution in [1.29, 1.82) is 0 Å². The molecule has 1 fully saturated rings. The number of guanidine groups is 1. The lowest BCUT2D eigenvalue weighted by atomic mass is 10.2. The first-order valence-corrected chi connectivity index (χ1v) is 9.97. The molecule has 1 aromatic heterocycles. The van der Waals surface area contributed by atoms with Gasteiger partial charge in [-0.1, -0.05) is 23.7 Å². The van der Waals surface area contributed by atoms with E-state index >= 15 is 0 Å². The number of nitrogens with one attached hydrogen (secondary N) is 1. The van der Waals surface area contributed by atoms with Crippen molar-refractivity contribution < 1.29 is 0 Å². The molecule has 0 atom stereocenters. The largest absolute Gasteiger partial charge is 0.354 e. The Hall–Kier alpha value is -2.31. The number of anilines is 1. The van der Waals surface area contributed by atoms with E-state index in [0.29, 0.717) is 6.54 Å². The third-order valence-corrected chi connectivity index (χ3v) is 5.25. The Morgan fingerprint density at radius 2 is 1.86 bits per heavy atom. The Kier molecular flexibility index (Phi) is 7.12. The number of piperazine rings is 1. The van der Waals surface area contributed by atoms with E-state index in [1.165, 1.54) is 11.1 Å². The summed E-state index contributed by atoms with van der Waals surface area (Å²) < 4.78 is 0. The first-order valence-electron chi connectivity index (χ1n) is 9.60. The summed E-state index contributed by atoms with van der Waals surface area (Å²) in [6, 6.07) is 12.1. The molecular formula is C21H29ClN6. The molecule has 1 aromatic carbocycles. The van der Waals surface area contributed by atoms with Gasteiger partial charge in [-0.3, -0.25) is 4.99 Å². The first-order chi connectivity index (χ1) is 13.5. The van der Waals surface area contributed by atoms with Crippen LogP contribution in [0.3, 0.4) is 0 Å². The predicted octanol–water partition coefficient (Wildman–Crippen LogP) is 2.69. The number of aromatic nitrogens is 1. The van der Waals surface area contributed by atoms with Crippen molar-refractivity contribution in [2.75, 3.05) is 52.2 Å². The fourth-order valence-electron chi connectivity index (χ4n) is 3.28. The van der Waals surface area contributed by atoms with Crippen LogP contribution in [0, 0.1) is 0 Å². The molecule has 1 aliphatic rings. The van der Waals surface area contributed by atoms with Crippen LogP contribution in [0.25, 0.3) is 0 Å². The quantitative estimate of drug-likeness (QED) is 0.617. The van der Waals surface area contributed by atoms with Gasteiger partial charge >= 0.3 is 0 Å². The number of rotatable bonds is 5. The molecule has 1 saturated heterocycles. The molecular weight excluding hydrogens is 372 g/mol. The van der Waals surface area contributed by atoms with Crippen LogP contribution in [0.1, 0.15) is 11.1 Å². The van der Waals surface area contributed by atoms with Crippen LogP contribution >= 0.6 is 11.6 Å². The predicted molar refractivity (Wildman–Crippen MR) is 117 cm³/mol. The lowest BCUT2D eigenvalue weighted by molar-refractivity contribution is 0.312. The zero-order valence-corrected chi connectivity index (χ0v) is 17.7. The fourth-order valence-corrected chi connectivity index (χ4v) is 3.41. The summed E-state index contributed by atoms with van der Waals surface area (Å²) in [5.41, 5.74) is 2.39. The van der Waals surface area contributed by atoms with Gasteiger partial charge in [0.2, 0.25) is 0 Å². The topological polar surface area (TPSA) is 47.0 Å². The molecule has 7 heteroatoms. The summed E-state index contributed by atoms with van der Waals surface area (Å²) in [5.74, 6) is 1.91. The average molecular weight is 401 g/mol. The molecule has 2 heterocycles. The molecule has 0 amide bonds. The average Bonchev–Trinajstić information content (AvgIpc) is 2.71. The number of hydrogen-bond acceptors (Lipinski definition) is 4. The normalized spacial score (nSPS) is 15.6. The number of pyridine rings is 1. The monoisotopic (exact) mass is 400 g/mol. The molecule has 2 aromatic rings. The van der Waals surface area contributed by atoms with Crippen molar-refractivity contribution in [2.24, 2.45) is 4.99 Å². The van der Waals surface area contributed by atoms with Crippen LogP contribution in [-0.4, -0.2) is 68.1 Å². The molecule has 150 valence electrons. The van der Waals surface area contributed by atoms with Crippen LogP contribution in [0.15, 0.2) is 47.6 Å². The Balaban J connectivity index is 1.57. The highest BCUT2D eigenvalue weighted by atomic mass is 35.5. The second-order valence-corrected chi connectivity index (χ2v) is 7.63. The van der Waals surface area contributed by atoms with Gasteiger partial charge in [0.15, 0.2) is 5.96 Å². The molecule has 0 unspecified atom stereocenters. The van der Waals surface area contributed by atoms with Gasteiger partial charge < -0.3 is 20.0 Å². The summed E-state index contributed by atoms with van der Waals surface area (Å²) in [7, 11) is 6.01. The van der Waals surface area contributed by atoms with Crippen LogP contribution in [0.4, 0.5) is 5.82 Å². The second-order valence-electron chi connectivity index (χ2n) is 7.20. The van der Waals surface area contributed by atoms with Gasteiger partial charge in [0.05, 0.1) is 0 Å². The van der Waals surface area contributed by atoms with Gasteiger partial charge in [-0.05, 0) is 42.4 Å². The highest BCUT2D eigenvalue weighted by Crippen LogP contribution is 2.15. The van der Waals surface area contributed by atoms with Gasteiger partial charge in [0, 0.05) is 64.6 Å². The minimum absolute atomic E-state index is 0.709. The van der Waals surface area contributed by atoms with Crippen molar-refractivity contribution >= 4 is 23.4 Å². The molecule has 28 heavy (non-hydrogen) atoms. The lowest BCUT2D eigenvalue weighted by Gasteiger charge is -2.33. The minimum atomic E-state index is 0.709. The van der Waals surface area contributed by atoms with E-state index in [9.17, 15) is 0 Å². The zero-order valence-electron chi connectivity index (χ0n) is 16.9. The highest BCUT2D eigenvalue weighted by molar-refractivity contribution is 6.30. The summed E-state index contributed by atoms with van der Waals surface area (Å²) in [5, 5.41) is 4.20. The molecule has 0 saturated carbocycles. The van der Waals surface area contributed by atoms with Gasteiger partial charge in [-0.2, -0.15) is 0 Å². The summed E-state index contributed by atoms with van der Waals surface area (Å²) in [6.07, 6.45) is 1.89. The van der Waals surface area contributed by atoms with Gasteiger partial charge in [-0.25, -0.2) is 4.98 Å². The fraction of sp³-hybridized carbons (Fsp3) is 0.429. The number of likely N-dealkylation sites (N-methyl/N-ethyl adjacent to an activating group) is 1. The van der Waals surface area contributed by atoms with Crippen molar-refractivity contribution in [2.45, 2.75) is 13.1 Å². The summed E-state index contributed by atoms with van der Waals surface area (Å²) in [4.78, 5) is 15.8. The van der Waals surface area contributed by atoms with Gasteiger partial charge in [0.25, 0.3) is 0 Å². The SMILES string of the molecule is CN=C(NCc1ccnc(N2CCN(C)CC2)c1)N(C)Cc1ccc(Cl)cc1. The van der Waals surface area contributed by atoms with Gasteiger partial charge in [-0.15, -0.1) is 0 Å². The number of aliphatic imine (C=N–C) groups is 1. The van der Waals surface area contributed by atoms with Crippen LogP contribution in [0.2, 0.25) is 5.02 Å². The Bertz CT molecular complexity index is 784. The maximum atomic E-state index is 5.97. The maximum absolute atomic E-state index is 5.97. The number of nitrogens with zero attached hydrogens (tertiary/aromatic N) is 5. The number of hydrogen-bond donors (Lipinski definition) is 1. The van der Waals surface area contributed by atoms with Crippen LogP contribution in [-0.2, 0) is 13.1 Å². The molecule has 6 nitrogen and oxygen atoms in total. The Morgan fingerprint density at radius 1 is 1.14 bits per heavy atom. The summed E-state index contributed by atoms with van der Waals surface area (Å²) >= 11 is 5.97. The van der Waals surface area contributed by atoms with E-state index in [1.54, 1.807) is 0 Å². The van der Waals surface area contributed by atoms with Crippen LogP contribution < -0.4 is 10.2 Å². The third-order valence-electron chi connectivity index (χ3n) is 4.99. The lowest BCUT2D eigenvalue weighted by Crippen LogP contribution is -2.44. The van der Waals surface area contributed by atoms with E-state index in [4.69, 9.17) is 11.6 Å². The smallest absolute Gasteiger partial charge is 0.193 e. The van der Waals surface area contributed by atoms with Crippen LogP contribution in [0.5, 0.6) is 0 Å². The molecule has 0 aliphatic carbocycles. The minimum Gasteiger partial charge on any atom is -0.354 e.